The molecule has 8 heteroatoms. The number of hydrogen-bond acceptors (Lipinski definition) is 6. The summed E-state index contributed by atoms with van der Waals surface area (Å²) in [6.45, 7) is 3.43. The average Bonchev–Trinajstić information content (AvgIpc) is 3.37. The number of benzene rings is 1. The molecule has 28 heavy (non-hydrogen) atoms. The molecule has 7 nitrogen and oxygen atoms in total. The van der Waals surface area contributed by atoms with Crippen molar-refractivity contribution in [2.45, 2.75) is 50.5 Å². The van der Waals surface area contributed by atoms with Crippen LogP contribution in [0.15, 0.2) is 35.1 Å². The molecule has 2 aliphatic rings. The standard InChI is InChI=1S/C20H24FN3O4/c1-12-19(27-11-22-12)20(26)23-15-10-16(28-14-6-4-5-13(21)9-14)18(25)17(15)24-7-2-3-8-24/h4-6,9,11,15-18,25H,2-3,7-8,10H2,1H3,(H,23,26)/t15-,16-,17+,18+/m1/s1. The average molecular weight is 389 g/mol. The third-order valence-corrected chi connectivity index (χ3v) is 5.54. The van der Waals surface area contributed by atoms with E-state index in [1.165, 1.54) is 18.5 Å². The molecule has 1 aliphatic carbocycles. The van der Waals surface area contributed by atoms with Crippen molar-refractivity contribution >= 4 is 5.91 Å². The summed E-state index contributed by atoms with van der Waals surface area (Å²) in [6, 6.07) is 5.27. The molecule has 1 aromatic heterocycles. The number of carbonyl (C=O) groups is 1. The Hall–Kier alpha value is -2.45. The summed E-state index contributed by atoms with van der Waals surface area (Å²) in [5.74, 6) is -0.221. The van der Waals surface area contributed by atoms with E-state index >= 15 is 0 Å². The number of likely N-dealkylation sites (tertiary alicyclic amines) is 1. The lowest BCUT2D eigenvalue weighted by Gasteiger charge is -2.31. The Morgan fingerprint density at radius 1 is 1.39 bits per heavy atom. The second kappa shape index (κ2) is 7.89. The molecule has 1 saturated carbocycles. The summed E-state index contributed by atoms with van der Waals surface area (Å²) in [5, 5.41) is 13.9. The smallest absolute Gasteiger partial charge is 0.289 e. The number of oxazole rings is 1. The van der Waals surface area contributed by atoms with Gasteiger partial charge in [0.05, 0.1) is 17.8 Å². The number of carbonyl (C=O) groups excluding carboxylic acids is 1. The molecule has 0 unspecified atom stereocenters. The van der Waals surface area contributed by atoms with Crippen molar-refractivity contribution in [2.24, 2.45) is 0 Å². The first-order valence-electron chi connectivity index (χ1n) is 9.58. The van der Waals surface area contributed by atoms with Crippen molar-refractivity contribution in [2.75, 3.05) is 13.1 Å². The zero-order valence-electron chi connectivity index (χ0n) is 15.7. The van der Waals surface area contributed by atoms with E-state index < -0.39 is 18.0 Å². The molecule has 2 fully saturated rings. The van der Waals surface area contributed by atoms with Crippen LogP contribution in [-0.4, -0.2) is 58.3 Å². The van der Waals surface area contributed by atoms with Crippen molar-refractivity contribution in [1.29, 1.82) is 0 Å². The van der Waals surface area contributed by atoms with Gasteiger partial charge in [0.25, 0.3) is 5.91 Å². The Kier molecular flexibility index (Phi) is 5.32. The fourth-order valence-electron chi connectivity index (χ4n) is 4.23. The fourth-order valence-corrected chi connectivity index (χ4v) is 4.23. The van der Waals surface area contributed by atoms with Gasteiger partial charge in [-0.05, 0) is 45.0 Å². The number of nitrogens with one attached hydrogen (secondary N) is 1. The van der Waals surface area contributed by atoms with Crippen LogP contribution in [0.4, 0.5) is 4.39 Å². The van der Waals surface area contributed by atoms with Crippen LogP contribution in [0.3, 0.4) is 0 Å². The number of aromatic nitrogens is 1. The summed E-state index contributed by atoms with van der Waals surface area (Å²) < 4.78 is 24.5. The molecule has 1 saturated heterocycles. The van der Waals surface area contributed by atoms with Gasteiger partial charge in [-0.3, -0.25) is 9.69 Å². The Morgan fingerprint density at radius 2 is 2.18 bits per heavy atom. The van der Waals surface area contributed by atoms with Gasteiger partial charge in [0.1, 0.15) is 23.8 Å². The highest BCUT2D eigenvalue weighted by Gasteiger charge is 2.48. The van der Waals surface area contributed by atoms with E-state index in [-0.39, 0.29) is 23.8 Å². The Labute approximate surface area is 162 Å². The van der Waals surface area contributed by atoms with E-state index in [4.69, 9.17) is 9.15 Å². The SMILES string of the molecule is Cc1ncoc1C(=O)N[C@@H]1C[C@@H](Oc2cccc(F)c2)[C@H](O)[C@H]1N1CCCC1. The van der Waals surface area contributed by atoms with Crippen LogP contribution < -0.4 is 10.1 Å². The van der Waals surface area contributed by atoms with Crippen LogP contribution >= 0.6 is 0 Å². The van der Waals surface area contributed by atoms with E-state index in [1.807, 2.05) is 0 Å². The van der Waals surface area contributed by atoms with Crippen molar-refractivity contribution in [1.82, 2.24) is 15.2 Å². The summed E-state index contributed by atoms with van der Waals surface area (Å²) >= 11 is 0. The first-order valence-corrected chi connectivity index (χ1v) is 9.58. The van der Waals surface area contributed by atoms with Gasteiger partial charge in [0, 0.05) is 12.5 Å². The van der Waals surface area contributed by atoms with E-state index in [1.54, 1.807) is 19.1 Å². The van der Waals surface area contributed by atoms with E-state index in [9.17, 15) is 14.3 Å². The van der Waals surface area contributed by atoms with Crippen molar-refractivity contribution < 1.29 is 23.4 Å². The molecule has 0 radical (unpaired) electrons. The normalized spacial score (nSPS) is 27.8. The van der Waals surface area contributed by atoms with Crippen molar-refractivity contribution in [3.05, 3.63) is 47.9 Å². The highest BCUT2D eigenvalue weighted by Crippen LogP contribution is 2.31. The van der Waals surface area contributed by atoms with Crippen LogP contribution in [0.25, 0.3) is 0 Å². The predicted molar refractivity (Wildman–Crippen MR) is 98.5 cm³/mol. The second-order valence-corrected chi connectivity index (χ2v) is 7.42. The lowest BCUT2D eigenvalue weighted by atomic mass is 10.1. The van der Waals surface area contributed by atoms with Crippen molar-refractivity contribution in [3.8, 4) is 5.75 Å². The number of nitrogens with zero attached hydrogens (tertiary/aromatic N) is 2. The Balaban J connectivity index is 1.52. The van der Waals surface area contributed by atoms with E-state index in [2.05, 4.69) is 15.2 Å². The number of aliphatic hydroxyl groups excluding tert-OH is 1. The minimum absolute atomic E-state index is 0.171. The molecule has 0 spiro atoms. The molecule has 4 rings (SSSR count). The largest absolute Gasteiger partial charge is 0.487 e. The second-order valence-electron chi connectivity index (χ2n) is 7.42. The number of rotatable bonds is 5. The zero-order valence-corrected chi connectivity index (χ0v) is 15.7. The molecule has 2 aromatic rings. The summed E-state index contributed by atoms with van der Waals surface area (Å²) in [7, 11) is 0. The van der Waals surface area contributed by atoms with Gasteiger partial charge in [-0.25, -0.2) is 9.37 Å². The topological polar surface area (TPSA) is 87.8 Å². The number of aryl methyl sites for hydroxylation is 1. The molecule has 1 aliphatic heterocycles. The summed E-state index contributed by atoms with van der Waals surface area (Å²) in [5.41, 5.74) is 0.515. The van der Waals surface area contributed by atoms with Gasteiger partial charge < -0.3 is 19.6 Å². The number of amides is 1. The summed E-state index contributed by atoms with van der Waals surface area (Å²) in [6.07, 6.45) is 2.41. The van der Waals surface area contributed by atoms with E-state index in [0.29, 0.717) is 17.9 Å². The fraction of sp³-hybridized carbons (Fsp3) is 0.500. The first kappa shape index (κ1) is 18.9. The number of aliphatic hydroxyl groups is 1. The third-order valence-electron chi connectivity index (χ3n) is 5.54. The van der Waals surface area contributed by atoms with E-state index in [0.717, 1.165) is 25.9 Å². The Morgan fingerprint density at radius 3 is 2.86 bits per heavy atom. The minimum Gasteiger partial charge on any atom is -0.487 e. The molecule has 150 valence electrons. The molecule has 2 heterocycles. The molecule has 1 amide bonds. The lowest BCUT2D eigenvalue weighted by Crippen LogP contribution is -2.52. The monoisotopic (exact) mass is 389 g/mol. The highest BCUT2D eigenvalue weighted by molar-refractivity contribution is 5.92. The van der Waals surface area contributed by atoms with Gasteiger partial charge in [-0.15, -0.1) is 0 Å². The molecule has 0 bridgehead atoms. The van der Waals surface area contributed by atoms with Crippen LogP contribution in [0, 0.1) is 12.7 Å². The minimum atomic E-state index is -0.803. The molecular weight excluding hydrogens is 365 g/mol. The van der Waals surface area contributed by atoms with Gasteiger partial charge in [0.15, 0.2) is 6.39 Å². The summed E-state index contributed by atoms with van der Waals surface area (Å²) in [4.78, 5) is 18.8. The van der Waals surface area contributed by atoms with Crippen LogP contribution in [0.5, 0.6) is 5.75 Å². The Bertz CT molecular complexity index is 836. The molecule has 4 atom stereocenters. The first-order chi connectivity index (χ1) is 13.5. The molecule has 2 N–H and O–H groups in total. The van der Waals surface area contributed by atoms with Gasteiger partial charge >= 0.3 is 0 Å². The zero-order chi connectivity index (χ0) is 19.7. The maximum Gasteiger partial charge on any atom is 0.289 e. The van der Waals surface area contributed by atoms with Gasteiger partial charge in [-0.1, -0.05) is 6.07 Å². The van der Waals surface area contributed by atoms with Crippen LogP contribution in [0.2, 0.25) is 0 Å². The maximum absolute atomic E-state index is 13.5. The lowest BCUT2D eigenvalue weighted by molar-refractivity contribution is 0.0137. The number of hydrogen-bond donors (Lipinski definition) is 2. The van der Waals surface area contributed by atoms with Gasteiger partial charge in [0.2, 0.25) is 5.76 Å². The van der Waals surface area contributed by atoms with Crippen LogP contribution in [-0.2, 0) is 0 Å². The van der Waals surface area contributed by atoms with Crippen LogP contribution in [0.1, 0.15) is 35.5 Å². The number of ether oxygens (including phenoxy) is 1. The predicted octanol–water partition coefficient (Wildman–Crippen LogP) is 1.90. The molecule has 1 aromatic carbocycles. The third kappa shape index (κ3) is 3.74. The van der Waals surface area contributed by atoms with Crippen molar-refractivity contribution in [3.63, 3.8) is 0 Å². The maximum atomic E-state index is 13.5. The van der Waals surface area contributed by atoms with Gasteiger partial charge in [-0.2, -0.15) is 0 Å². The molecular formula is C20H24FN3O4. The number of halogens is 1. The quantitative estimate of drug-likeness (QED) is 0.812. The highest BCUT2D eigenvalue weighted by atomic mass is 19.1.